The molecule has 0 fully saturated rings. The van der Waals surface area contributed by atoms with Gasteiger partial charge in [-0.25, -0.2) is 13.5 Å². The predicted molar refractivity (Wildman–Crippen MR) is 83.4 cm³/mol. The zero-order valence-electron chi connectivity index (χ0n) is 11.9. The number of aromatic nitrogens is 2. The number of hydrogen-bond acceptors (Lipinski definition) is 2. The van der Waals surface area contributed by atoms with Crippen molar-refractivity contribution in [1.29, 1.82) is 5.26 Å². The van der Waals surface area contributed by atoms with Gasteiger partial charge in [0.1, 0.15) is 11.6 Å². The molecule has 0 saturated heterocycles. The first kappa shape index (κ1) is 14.7. The first-order valence-corrected chi connectivity index (χ1v) is 6.84. The van der Waals surface area contributed by atoms with Crippen LogP contribution in [0.5, 0.6) is 0 Å². The minimum absolute atomic E-state index is 0.0522. The van der Waals surface area contributed by atoms with Gasteiger partial charge in [0.2, 0.25) is 0 Å². The topological polar surface area (TPSA) is 41.6 Å². The van der Waals surface area contributed by atoms with Gasteiger partial charge in [-0.1, -0.05) is 12.1 Å². The molecule has 112 valence electrons. The Bertz CT molecular complexity index is 889. The summed E-state index contributed by atoms with van der Waals surface area (Å²) in [6, 6.07) is 14.0. The van der Waals surface area contributed by atoms with Gasteiger partial charge in [-0.15, -0.1) is 0 Å². The Morgan fingerprint density at radius 1 is 1.13 bits per heavy atom. The van der Waals surface area contributed by atoms with Crippen molar-refractivity contribution in [3.8, 4) is 11.8 Å². The highest BCUT2D eigenvalue weighted by molar-refractivity contribution is 5.89. The van der Waals surface area contributed by atoms with Crippen molar-refractivity contribution in [2.45, 2.75) is 0 Å². The van der Waals surface area contributed by atoms with Crippen LogP contribution in [0.1, 0.15) is 11.1 Å². The third-order valence-corrected chi connectivity index (χ3v) is 3.31. The fourth-order valence-electron chi connectivity index (χ4n) is 2.19. The highest BCUT2D eigenvalue weighted by Gasteiger charge is 2.09. The maximum Gasteiger partial charge on any atom is 0.131 e. The van der Waals surface area contributed by atoms with E-state index >= 15 is 0 Å². The molecule has 0 unspecified atom stereocenters. The zero-order valence-corrected chi connectivity index (χ0v) is 11.9. The monoisotopic (exact) mass is 307 g/mol. The van der Waals surface area contributed by atoms with Crippen molar-refractivity contribution >= 4 is 11.6 Å². The van der Waals surface area contributed by atoms with Gasteiger partial charge >= 0.3 is 0 Å². The molecule has 2 aromatic carbocycles. The van der Waals surface area contributed by atoms with Crippen LogP contribution < -0.4 is 0 Å². The molecule has 1 aromatic heterocycles. The first-order chi connectivity index (χ1) is 11.2. The fourth-order valence-corrected chi connectivity index (χ4v) is 2.19. The molecular formula is C18H11F2N3. The molecule has 0 aliphatic heterocycles. The van der Waals surface area contributed by atoms with Gasteiger partial charge in [0.15, 0.2) is 0 Å². The van der Waals surface area contributed by atoms with E-state index in [0.717, 1.165) is 23.9 Å². The minimum Gasteiger partial charge on any atom is -0.241 e. The van der Waals surface area contributed by atoms with Crippen molar-refractivity contribution in [2.75, 3.05) is 0 Å². The van der Waals surface area contributed by atoms with Crippen LogP contribution in [0.3, 0.4) is 0 Å². The molecule has 0 radical (unpaired) electrons. The van der Waals surface area contributed by atoms with E-state index in [1.807, 2.05) is 30.5 Å². The molecule has 3 nitrogen and oxygen atoms in total. The van der Waals surface area contributed by atoms with Crippen LogP contribution in [0.2, 0.25) is 0 Å². The maximum atomic E-state index is 13.8. The molecule has 0 bridgehead atoms. The summed E-state index contributed by atoms with van der Waals surface area (Å²) < 4.78 is 28.8. The Balaban J connectivity index is 1.96. The van der Waals surface area contributed by atoms with E-state index in [9.17, 15) is 14.0 Å². The van der Waals surface area contributed by atoms with Gasteiger partial charge < -0.3 is 0 Å². The zero-order chi connectivity index (χ0) is 16.2. The second-order valence-electron chi connectivity index (χ2n) is 4.84. The van der Waals surface area contributed by atoms with Gasteiger partial charge in [-0.3, -0.25) is 0 Å². The molecular weight excluding hydrogens is 296 g/mol. The van der Waals surface area contributed by atoms with E-state index in [4.69, 9.17) is 0 Å². The number of rotatable bonds is 3. The Morgan fingerprint density at radius 3 is 2.57 bits per heavy atom. The molecule has 3 rings (SSSR count). The van der Waals surface area contributed by atoms with Crippen molar-refractivity contribution in [2.24, 2.45) is 0 Å². The van der Waals surface area contributed by atoms with E-state index in [1.165, 1.54) is 6.08 Å². The van der Waals surface area contributed by atoms with Crippen LogP contribution in [-0.4, -0.2) is 9.78 Å². The number of nitriles is 1. The Hall–Kier alpha value is -3.26. The highest BCUT2D eigenvalue weighted by Crippen LogP contribution is 2.22. The molecule has 0 saturated carbocycles. The summed E-state index contributed by atoms with van der Waals surface area (Å²) in [5.74, 6) is -1.22. The summed E-state index contributed by atoms with van der Waals surface area (Å²) in [6.07, 6.45) is 5.01. The van der Waals surface area contributed by atoms with E-state index in [1.54, 1.807) is 23.0 Å². The third kappa shape index (κ3) is 3.16. The van der Waals surface area contributed by atoms with E-state index in [-0.39, 0.29) is 11.1 Å². The van der Waals surface area contributed by atoms with Gasteiger partial charge in [-0.05, 0) is 48.0 Å². The summed E-state index contributed by atoms with van der Waals surface area (Å²) in [5, 5.41) is 13.4. The highest BCUT2D eigenvalue weighted by atomic mass is 19.1. The number of benzene rings is 2. The van der Waals surface area contributed by atoms with Crippen LogP contribution in [-0.2, 0) is 0 Å². The van der Waals surface area contributed by atoms with Crippen LogP contribution in [0.4, 0.5) is 8.78 Å². The average Bonchev–Trinajstić information content (AvgIpc) is 3.10. The lowest BCUT2D eigenvalue weighted by Crippen LogP contribution is -1.93. The van der Waals surface area contributed by atoms with E-state index in [2.05, 4.69) is 5.10 Å². The standard InChI is InChI=1S/C18H11F2N3/c19-15-4-7-18(20)17(11-15)14(12-21)10-13-2-5-16(6-3-13)23-9-1-8-22-23/h1-11H/b14-10+. The van der Waals surface area contributed by atoms with Crippen LogP contribution in [0.15, 0.2) is 60.9 Å². The Kier molecular flexibility index (Phi) is 3.98. The molecule has 0 spiro atoms. The molecule has 0 amide bonds. The van der Waals surface area contributed by atoms with E-state index < -0.39 is 11.6 Å². The smallest absolute Gasteiger partial charge is 0.131 e. The molecule has 23 heavy (non-hydrogen) atoms. The quantitative estimate of drug-likeness (QED) is 0.537. The van der Waals surface area contributed by atoms with Crippen LogP contribution in [0, 0.1) is 23.0 Å². The molecule has 3 aromatic rings. The summed E-state index contributed by atoms with van der Waals surface area (Å²) >= 11 is 0. The largest absolute Gasteiger partial charge is 0.241 e. The minimum atomic E-state index is -0.632. The molecule has 0 aliphatic carbocycles. The predicted octanol–water partition coefficient (Wildman–Crippen LogP) is 4.21. The normalized spacial score (nSPS) is 11.3. The van der Waals surface area contributed by atoms with Crippen molar-refractivity contribution < 1.29 is 8.78 Å². The molecule has 0 N–H and O–H groups in total. The summed E-state index contributed by atoms with van der Waals surface area (Å²) in [5.41, 5.74) is 1.58. The van der Waals surface area contributed by atoms with Gasteiger partial charge in [-0.2, -0.15) is 10.4 Å². The third-order valence-electron chi connectivity index (χ3n) is 3.31. The lowest BCUT2D eigenvalue weighted by Gasteiger charge is -2.04. The van der Waals surface area contributed by atoms with Crippen LogP contribution >= 0.6 is 0 Å². The summed E-state index contributed by atoms with van der Waals surface area (Å²) in [4.78, 5) is 0. The molecule has 1 heterocycles. The second kappa shape index (κ2) is 6.24. The van der Waals surface area contributed by atoms with Gasteiger partial charge in [0.05, 0.1) is 17.3 Å². The van der Waals surface area contributed by atoms with Crippen LogP contribution in [0.25, 0.3) is 17.3 Å². The number of allylic oxidation sites excluding steroid dienone is 1. The number of nitrogens with zero attached hydrogens (tertiary/aromatic N) is 3. The summed E-state index contributed by atoms with van der Waals surface area (Å²) in [6.45, 7) is 0. The Labute approximate surface area is 131 Å². The second-order valence-corrected chi connectivity index (χ2v) is 4.84. The maximum absolute atomic E-state index is 13.8. The molecule has 0 aliphatic rings. The first-order valence-electron chi connectivity index (χ1n) is 6.84. The SMILES string of the molecule is N#C/C(=C\c1ccc(-n2cccn2)cc1)c1cc(F)ccc1F. The van der Waals surface area contributed by atoms with E-state index in [0.29, 0.717) is 5.56 Å². The number of hydrogen-bond donors (Lipinski definition) is 0. The summed E-state index contributed by atoms with van der Waals surface area (Å²) in [7, 11) is 0. The average molecular weight is 307 g/mol. The number of halogens is 2. The lowest BCUT2D eigenvalue weighted by molar-refractivity contribution is 0.597. The van der Waals surface area contributed by atoms with Crippen molar-refractivity contribution in [3.05, 3.63) is 83.7 Å². The van der Waals surface area contributed by atoms with Gasteiger partial charge in [0.25, 0.3) is 0 Å². The van der Waals surface area contributed by atoms with Gasteiger partial charge in [0, 0.05) is 18.0 Å². The van der Waals surface area contributed by atoms with Crippen molar-refractivity contribution in [1.82, 2.24) is 9.78 Å². The molecule has 0 atom stereocenters. The van der Waals surface area contributed by atoms with Crippen molar-refractivity contribution in [3.63, 3.8) is 0 Å². The molecule has 5 heteroatoms. The lowest BCUT2D eigenvalue weighted by atomic mass is 10.0. The Morgan fingerprint density at radius 2 is 1.91 bits per heavy atom. The fraction of sp³-hybridized carbons (Fsp3) is 0.